The first-order chi connectivity index (χ1) is 12.0. The van der Waals surface area contributed by atoms with Gasteiger partial charge in [0, 0.05) is 52.2 Å². The lowest BCUT2D eigenvalue weighted by Gasteiger charge is -2.19. The van der Waals surface area contributed by atoms with Crippen molar-refractivity contribution in [2.24, 2.45) is 0 Å². The van der Waals surface area contributed by atoms with Gasteiger partial charge in [-0.25, -0.2) is 14.2 Å². The normalized spacial score (nSPS) is 21.8. The minimum Gasteiger partial charge on any atom is -0.493 e. The molecular weight excluding hydrogens is 340 g/mol. The van der Waals surface area contributed by atoms with Crippen LogP contribution >= 0.6 is 0 Å². The van der Waals surface area contributed by atoms with Gasteiger partial charge in [-0.15, -0.1) is 0 Å². The van der Waals surface area contributed by atoms with E-state index >= 15 is 0 Å². The molecule has 0 bridgehead atoms. The first-order valence-corrected chi connectivity index (χ1v) is 10.2. The van der Waals surface area contributed by atoms with E-state index in [9.17, 15) is 4.21 Å². The van der Waals surface area contributed by atoms with E-state index in [0.717, 1.165) is 42.5 Å². The monoisotopic (exact) mass is 364 g/mol. The largest absolute Gasteiger partial charge is 0.493 e. The standard InChI is InChI=1S/C17H24N4O3S/c1-23-16-10-13-14(19-12-20-15(13)11-17(16)24-2)4-6-21-5-3-8-25(18,22)9-7-21/h10-12,18H,3-9H2,1-2H3. The Morgan fingerprint density at radius 3 is 2.68 bits per heavy atom. The molecule has 2 aromatic rings. The molecule has 1 unspecified atom stereocenters. The third kappa shape index (κ3) is 4.19. The Hall–Kier alpha value is -1.93. The van der Waals surface area contributed by atoms with Crippen LogP contribution in [0.5, 0.6) is 11.5 Å². The van der Waals surface area contributed by atoms with Gasteiger partial charge < -0.3 is 14.4 Å². The maximum Gasteiger partial charge on any atom is 0.162 e. The lowest BCUT2D eigenvalue weighted by molar-refractivity contribution is 0.298. The highest BCUT2D eigenvalue weighted by Crippen LogP contribution is 2.32. The second-order valence-corrected chi connectivity index (χ2v) is 8.65. The van der Waals surface area contributed by atoms with Gasteiger partial charge in [0.05, 0.1) is 25.4 Å². The van der Waals surface area contributed by atoms with Gasteiger partial charge >= 0.3 is 0 Å². The van der Waals surface area contributed by atoms with E-state index in [4.69, 9.17) is 14.3 Å². The van der Waals surface area contributed by atoms with Crippen LogP contribution in [0.25, 0.3) is 10.9 Å². The molecule has 8 heteroatoms. The van der Waals surface area contributed by atoms with Crippen molar-refractivity contribution < 1.29 is 13.7 Å². The zero-order chi connectivity index (χ0) is 17.9. The summed E-state index contributed by atoms with van der Waals surface area (Å²) in [5.74, 6) is 2.28. The van der Waals surface area contributed by atoms with Crippen LogP contribution in [-0.4, -0.2) is 64.4 Å². The van der Waals surface area contributed by atoms with E-state index in [0.29, 0.717) is 29.5 Å². The summed E-state index contributed by atoms with van der Waals surface area (Å²) in [6, 6.07) is 3.78. The van der Waals surface area contributed by atoms with Gasteiger partial charge in [-0.3, -0.25) is 4.78 Å². The van der Waals surface area contributed by atoms with E-state index in [2.05, 4.69) is 14.9 Å². The van der Waals surface area contributed by atoms with Crippen LogP contribution in [0.1, 0.15) is 12.1 Å². The first-order valence-electron chi connectivity index (χ1n) is 8.34. The molecule has 1 aliphatic heterocycles. The Bertz CT molecular complexity index is 854. The molecule has 2 heterocycles. The van der Waals surface area contributed by atoms with Crippen molar-refractivity contribution in [3.8, 4) is 11.5 Å². The molecule has 0 saturated carbocycles. The van der Waals surface area contributed by atoms with Crippen molar-refractivity contribution in [3.63, 3.8) is 0 Å². The predicted octanol–water partition coefficient (Wildman–Crippen LogP) is 1.94. The number of fused-ring (bicyclic) bond motifs is 1. The van der Waals surface area contributed by atoms with Crippen molar-refractivity contribution in [3.05, 3.63) is 24.2 Å². The highest BCUT2D eigenvalue weighted by atomic mass is 32.2. The summed E-state index contributed by atoms with van der Waals surface area (Å²) in [6.07, 6.45) is 3.16. The van der Waals surface area contributed by atoms with E-state index < -0.39 is 9.73 Å². The van der Waals surface area contributed by atoms with Crippen molar-refractivity contribution in [1.82, 2.24) is 14.9 Å². The number of ether oxygens (including phenoxy) is 2. The fraction of sp³-hybridized carbons (Fsp3) is 0.529. The van der Waals surface area contributed by atoms with Gasteiger partial charge in [0.2, 0.25) is 0 Å². The number of methoxy groups -OCH3 is 2. The molecule has 0 amide bonds. The number of nitrogens with zero attached hydrogens (tertiary/aromatic N) is 3. The van der Waals surface area contributed by atoms with Gasteiger partial charge in [-0.2, -0.15) is 0 Å². The molecule has 1 fully saturated rings. The average molecular weight is 364 g/mol. The van der Waals surface area contributed by atoms with Crippen LogP contribution in [0.4, 0.5) is 0 Å². The van der Waals surface area contributed by atoms with Crippen LogP contribution in [0.3, 0.4) is 0 Å². The fourth-order valence-corrected chi connectivity index (χ4v) is 4.49. The highest BCUT2D eigenvalue weighted by Gasteiger charge is 2.17. The Balaban J connectivity index is 1.79. The molecule has 1 aromatic heterocycles. The third-order valence-corrected chi connectivity index (χ3v) is 6.36. The summed E-state index contributed by atoms with van der Waals surface area (Å²) in [6.45, 7) is 2.43. The summed E-state index contributed by atoms with van der Waals surface area (Å²) in [5.41, 5.74) is 1.79. The second kappa shape index (κ2) is 7.53. The number of hydrogen-bond donors (Lipinski definition) is 1. The summed E-state index contributed by atoms with van der Waals surface area (Å²) in [7, 11) is 0.836. The minimum atomic E-state index is -2.38. The summed E-state index contributed by atoms with van der Waals surface area (Å²) < 4.78 is 30.5. The smallest absolute Gasteiger partial charge is 0.162 e. The molecule has 136 valence electrons. The Morgan fingerprint density at radius 2 is 1.92 bits per heavy atom. The van der Waals surface area contributed by atoms with E-state index in [-0.39, 0.29) is 0 Å². The Labute approximate surface area is 148 Å². The van der Waals surface area contributed by atoms with Crippen LogP contribution < -0.4 is 9.47 Å². The fourth-order valence-electron chi connectivity index (χ4n) is 3.14. The van der Waals surface area contributed by atoms with Crippen LogP contribution in [0.2, 0.25) is 0 Å². The molecule has 1 N–H and O–H groups in total. The summed E-state index contributed by atoms with van der Waals surface area (Å²) >= 11 is 0. The number of hydrogen-bond acceptors (Lipinski definition) is 7. The maximum atomic E-state index is 11.9. The Kier molecular flexibility index (Phi) is 5.39. The van der Waals surface area contributed by atoms with Crippen molar-refractivity contribution in [2.45, 2.75) is 12.8 Å². The SMILES string of the molecule is COc1cc2ncnc(CCN3CCCS(=N)(=O)CC3)c2cc1OC. The molecule has 0 spiro atoms. The van der Waals surface area contributed by atoms with Crippen LogP contribution in [0.15, 0.2) is 18.5 Å². The average Bonchev–Trinajstić information content (AvgIpc) is 2.79. The first kappa shape index (κ1) is 17.9. The van der Waals surface area contributed by atoms with E-state index in [1.54, 1.807) is 20.5 Å². The lowest BCUT2D eigenvalue weighted by atomic mass is 10.1. The van der Waals surface area contributed by atoms with Gasteiger partial charge in [-0.05, 0) is 19.0 Å². The minimum absolute atomic E-state index is 0.461. The number of rotatable bonds is 5. The molecule has 1 aliphatic rings. The zero-order valence-electron chi connectivity index (χ0n) is 14.7. The molecule has 25 heavy (non-hydrogen) atoms. The molecule has 7 nitrogen and oxygen atoms in total. The van der Waals surface area contributed by atoms with E-state index in [1.807, 2.05) is 12.1 Å². The zero-order valence-corrected chi connectivity index (χ0v) is 15.5. The predicted molar refractivity (Wildman–Crippen MR) is 98.0 cm³/mol. The van der Waals surface area contributed by atoms with Crippen LogP contribution in [0, 0.1) is 4.78 Å². The molecule has 3 rings (SSSR count). The van der Waals surface area contributed by atoms with Gasteiger partial charge in [0.1, 0.15) is 6.33 Å². The van der Waals surface area contributed by atoms with Crippen LogP contribution in [-0.2, 0) is 16.1 Å². The van der Waals surface area contributed by atoms with Crippen molar-refractivity contribution in [1.29, 1.82) is 4.78 Å². The maximum absolute atomic E-state index is 11.9. The number of aromatic nitrogens is 2. The lowest BCUT2D eigenvalue weighted by Crippen LogP contribution is -2.29. The summed E-state index contributed by atoms with van der Waals surface area (Å²) in [4.78, 5) is 11.1. The number of nitrogens with one attached hydrogen (secondary N) is 1. The van der Waals surface area contributed by atoms with Crippen molar-refractivity contribution in [2.75, 3.05) is 45.4 Å². The van der Waals surface area contributed by atoms with Gasteiger partial charge in [0.25, 0.3) is 0 Å². The summed E-state index contributed by atoms with van der Waals surface area (Å²) in [5, 5.41) is 0.958. The Morgan fingerprint density at radius 1 is 1.16 bits per heavy atom. The number of benzene rings is 1. The quantitative estimate of drug-likeness (QED) is 0.872. The molecule has 0 radical (unpaired) electrons. The molecule has 1 atom stereocenters. The second-order valence-electron chi connectivity index (χ2n) is 6.21. The third-order valence-electron chi connectivity index (χ3n) is 4.57. The van der Waals surface area contributed by atoms with Crippen molar-refractivity contribution >= 4 is 20.6 Å². The molecule has 1 aromatic carbocycles. The molecular formula is C17H24N4O3S. The van der Waals surface area contributed by atoms with E-state index in [1.165, 1.54) is 0 Å². The van der Waals surface area contributed by atoms with Gasteiger partial charge in [-0.1, -0.05) is 0 Å². The highest BCUT2D eigenvalue weighted by molar-refractivity contribution is 7.92. The molecule has 0 aliphatic carbocycles. The molecule has 1 saturated heterocycles. The van der Waals surface area contributed by atoms with Gasteiger partial charge in [0.15, 0.2) is 11.5 Å². The topological polar surface area (TPSA) is 88.4 Å².